The van der Waals surface area contributed by atoms with Crippen LogP contribution in [-0.4, -0.2) is 42.9 Å². The number of halogens is 2. The summed E-state index contributed by atoms with van der Waals surface area (Å²) >= 11 is 11.0. The number of rotatable bonds is 7. The molecule has 10 heteroatoms. The monoisotopic (exact) mass is 425 g/mol. The van der Waals surface area contributed by atoms with Gasteiger partial charge < -0.3 is 13.7 Å². The van der Waals surface area contributed by atoms with Gasteiger partial charge in [-0.3, -0.25) is 0 Å². The lowest BCUT2D eigenvalue weighted by Crippen LogP contribution is -2.37. The van der Waals surface area contributed by atoms with Gasteiger partial charge in [0.25, 0.3) is 6.29 Å². The van der Waals surface area contributed by atoms with Crippen LogP contribution in [0.4, 0.5) is 0 Å². The molecule has 1 heterocycles. The summed E-state index contributed by atoms with van der Waals surface area (Å²) in [5.74, 6) is -0.215. The van der Waals surface area contributed by atoms with Crippen LogP contribution in [0.1, 0.15) is 33.3 Å². The van der Waals surface area contributed by atoms with Crippen LogP contribution in [0.25, 0.3) is 0 Å². The fourth-order valence-corrected chi connectivity index (χ4v) is 3.79. The molecule has 1 aliphatic rings. The summed E-state index contributed by atoms with van der Waals surface area (Å²) < 4.78 is 41.8. The van der Waals surface area contributed by atoms with Gasteiger partial charge in [-0.15, -0.1) is 0 Å². The lowest BCUT2D eigenvalue weighted by Gasteiger charge is -2.25. The van der Waals surface area contributed by atoms with Crippen molar-refractivity contribution < 1.29 is 26.9 Å². The Labute approximate surface area is 163 Å². The maximum Gasteiger partial charge on any atom is 0.385 e. The third-order valence-electron chi connectivity index (χ3n) is 4.09. The minimum Gasteiger partial charge on any atom is -0.454 e. The smallest absolute Gasteiger partial charge is 0.385 e. The molecular formula is C16H21Cl2NO6S. The maximum atomic E-state index is 12.3. The summed E-state index contributed by atoms with van der Waals surface area (Å²) in [6.45, 7) is 7.63. The normalized spacial score (nSPS) is 18.5. The van der Waals surface area contributed by atoms with Gasteiger partial charge in [-0.25, -0.2) is 4.79 Å². The highest BCUT2D eigenvalue weighted by Crippen LogP contribution is 2.45. The molecule has 0 amide bonds. The zero-order valence-corrected chi connectivity index (χ0v) is 17.2. The van der Waals surface area contributed by atoms with Gasteiger partial charge >= 0.3 is 16.3 Å². The Kier molecular flexibility index (Phi) is 6.32. The largest absolute Gasteiger partial charge is 0.454 e. The third-order valence-corrected chi connectivity index (χ3v) is 6.00. The number of fused-ring (bicyclic) bond motifs is 1. The van der Waals surface area contributed by atoms with Crippen molar-refractivity contribution in [2.24, 2.45) is 0 Å². The van der Waals surface area contributed by atoms with E-state index in [-0.39, 0.29) is 5.75 Å². The second kappa shape index (κ2) is 7.80. The summed E-state index contributed by atoms with van der Waals surface area (Å²) in [5.41, 5.74) is -0.116. The summed E-state index contributed by atoms with van der Waals surface area (Å²) in [6.07, 6.45) is -0.945. The molecule has 0 spiro atoms. The van der Waals surface area contributed by atoms with Crippen molar-refractivity contribution in [1.29, 1.82) is 0 Å². The summed E-state index contributed by atoms with van der Waals surface area (Å²) in [5, 5.41) is 0. The highest BCUT2D eigenvalue weighted by atomic mass is 35.5. The van der Waals surface area contributed by atoms with Crippen LogP contribution < -0.4 is 8.92 Å². The standard InChI is InChI=1S/C16H21Cl2NO6S/c1-5-19(6-2)26(21,22)25-10-7-8-12-11(9-10)16(3,4)15(23-12)24-14(20)13(17)18/h7-9,13,15H,5-6H2,1-4H3. The van der Waals surface area contributed by atoms with E-state index in [4.69, 9.17) is 36.9 Å². The average Bonchev–Trinajstić information content (AvgIpc) is 2.78. The first-order valence-corrected chi connectivity index (χ1v) is 10.3. The molecule has 1 aromatic rings. The van der Waals surface area contributed by atoms with Crippen LogP contribution >= 0.6 is 23.2 Å². The van der Waals surface area contributed by atoms with E-state index in [0.29, 0.717) is 24.4 Å². The van der Waals surface area contributed by atoms with E-state index in [1.807, 2.05) is 0 Å². The number of carbonyl (C=O) groups excluding carboxylic acids is 1. The molecular weight excluding hydrogens is 405 g/mol. The molecule has 0 aliphatic carbocycles. The number of benzene rings is 1. The molecule has 26 heavy (non-hydrogen) atoms. The predicted octanol–water partition coefficient (Wildman–Crippen LogP) is 3.00. The molecule has 2 rings (SSSR count). The topological polar surface area (TPSA) is 82.1 Å². The van der Waals surface area contributed by atoms with Crippen molar-refractivity contribution >= 4 is 39.5 Å². The zero-order chi connectivity index (χ0) is 19.7. The molecule has 7 nitrogen and oxygen atoms in total. The Morgan fingerprint density at radius 1 is 1.31 bits per heavy atom. The van der Waals surface area contributed by atoms with Crippen molar-refractivity contribution in [3.8, 4) is 11.5 Å². The van der Waals surface area contributed by atoms with Gasteiger partial charge in [-0.1, -0.05) is 37.0 Å². The molecule has 1 aromatic carbocycles. The van der Waals surface area contributed by atoms with Gasteiger partial charge in [0, 0.05) is 18.7 Å². The summed E-state index contributed by atoms with van der Waals surface area (Å²) in [7, 11) is -3.90. The van der Waals surface area contributed by atoms with Crippen LogP contribution in [0.2, 0.25) is 0 Å². The molecule has 1 aliphatic heterocycles. The molecule has 146 valence electrons. The van der Waals surface area contributed by atoms with Gasteiger partial charge in [0.1, 0.15) is 11.5 Å². The summed E-state index contributed by atoms with van der Waals surface area (Å²) in [6, 6.07) is 4.60. The summed E-state index contributed by atoms with van der Waals surface area (Å²) in [4.78, 5) is 10.3. The lowest BCUT2D eigenvalue weighted by molar-refractivity contribution is -0.166. The minimum atomic E-state index is -3.90. The molecule has 0 N–H and O–H groups in total. The molecule has 1 atom stereocenters. The Morgan fingerprint density at radius 2 is 1.92 bits per heavy atom. The van der Waals surface area contributed by atoms with Gasteiger partial charge in [0.2, 0.25) is 4.84 Å². The zero-order valence-electron chi connectivity index (χ0n) is 14.9. The highest BCUT2D eigenvalue weighted by Gasteiger charge is 2.45. The Morgan fingerprint density at radius 3 is 2.46 bits per heavy atom. The van der Waals surface area contributed by atoms with Crippen LogP contribution in [0.15, 0.2) is 18.2 Å². The van der Waals surface area contributed by atoms with Crippen molar-refractivity contribution in [2.45, 2.75) is 44.2 Å². The molecule has 0 saturated heterocycles. The van der Waals surface area contributed by atoms with Crippen molar-refractivity contribution in [3.63, 3.8) is 0 Å². The molecule has 0 aromatic heterocycles. The second-order valence-corrected chi connectivity index (χ2v) is 8.83. The number of esters is 1. The van der Waals surface area contributed by atoms with E-state index in [9.17, 15) is 13.2 Å². The van der Waals surface area contributed by atoms with Crippen LogP contribution in [-0.2, 0) is 25.3 Å². The average molecular weight is 426 g/mol. The molecule has 0 radical (unpaired) electrons. The second-order valence-electron chi connectivity index (χ2n) is 6.19. The quantitative estimate of drug-likeness (QED) is 0.493. The number of nitrogens with zero attached hydrogens (tertiary/aromatic N) is 1. The maximum absolute atomic E-state index is 12.3. The first-order valence-electron chi connectivity index (χ1n) is 8.02. The highest BCUT2D eigenvalue weighted by molar-refractivity contribution is 7.84. The van der Waals surface area contributed by atoms with E-state index in [1.54, 1.807) is 39.8 Å². The van der Waals surface area contributed by atoms with E-state index < -0.39 is 32.8 Å². The van der Waals surface area contributed by atoms with Crippen molar-refractivity contribution in [1.82, 2.24) is 4.31 Å². The van der Waals surface area contributed by atoms with Crippen LogP contribution in [0.5, 0.6) is 11.5 Å². The van der Waals surface area contributed by atoms with Gasteiger partial charge in [-0.05, 0) is 32.0 Å². The molecule has 1 unspecified atom stereocenters. The number of hydrogen-bond donors (Lipinski definition) is 0. The minimum absolute atomic E-state index is 0.145. The third kappa shape index (κ3) is 4.19. The Bertz CT molecular complexity index is 777. The Hall–Kier alpha value is -1.22. The number of alkyl halides is 2. The lowest BCUT2D eigenvalue weighted by atomic mass is 9.85. The molecule has 0 fully saturated rings. The first kappa shape index (κ1) is 21.1. The molecule has 0 saturated carbocycles. The van der Waals surface area contributed by atoms with Gasteiger partial charge in [0.05, 0.1) is 5.41 Å². The van der Waals surface area contributed by atoms with E-state index in [2.05, 4.69) is 0 Å². The first-order chi connectivity index (χ1) is 12.0. The number of carbonyl (C=O) groups is 1. The predicted molar refractivity (Wildman–Crippen MR) is 97.9 cm³/mol. The van der Waals surface area contributed by atoms with Crippen molar-refractivity contribution in [2.75, 3.05) is 13.1 Å². The van der Waals surface area contributed by atoms with Gasteiger partial charge in [0.15, 0.2) is 0 Å². The molecule has 0 bridgehead atoms. The van der Waals surface area contributed by atoms with Crippen LogP contribution in [0.3, 0.4) is 0 Å². The van der Waals surface area contributed by atoms with Gasteiger partial charge in [-0.2, -0.15) is 12.7 Å². The van der Waals surface area contributed by atoms with E-state index >= 15 is 0 Å². The fraction of sp³-hybridized carbons (Fsp3) is 0.562. The number of hydrogen-bond acceptors (Lipinski definition) is 6. The Balaban J connectivity index is 2.26. The number of ether oxygens (including phenoxy) is 2. The van der Waals surface area contributed by atoms with Crippen molar-refractivity contribution in [3.05, 3.63) is 23.8 Å². The SMILES string of the molecule is CCN(CC)S(=O)(=O)Oc1ccc2c(c1)C(C)(C)C(OC(=O)C(Cl)Cl)O2. The van der Waals surface area contributed by atoms with Crippen LogP contribution in [0, 0.1) is 0 Å². The fourth-order valence-electron chi connectivity index (χ4n) is 2.60. The van der Waals surface area contributed by atoms with E-state index in [1.165, 1.54) is 10.4 Å². The van der Waals surface area contributed by atoms with E-state index in [0.717, 1.165) is 0 Å².